The first-order valence-electron chi connectivity index (χ1n) is 12.8. The van der Waals surface area contributed by atoms with Gasteiger partial charge in [-0.05, 0) is 80.8 Å². The van der Waals surface area contributed by atoms with Crippen molar-refractivity contribution < 1.29 is 14.3 Å². The molecular weight excluding hydrogens is 502 g/mol. The second-order valence-corrected chi connectivity index (χ2v) is 10.2. The van der Waals surface area contributed by atoms with E-state index >= 15 is 0 Å². The highest BCUT2D eigenvalue weighted by Gasteiger charge is 2.31. The highest BCUT2D eigenvalue weighted by atomic mass is 35.5. The Balaban J connectivity index is 1.34. The first kappa shape index (κ1) is 24.3. The van der Waals surface area contributed by atoms with Crippen molar-refractivity contribution >= 4 is 34.3 Å². The maximum absolute atomic E-state index is 12.3. The van der Waals surface area contributed by atoms with Crippen LogP contribution in [0.2, 0.25) is 5.15 Å². The van der Waals surface area contributed by atoms with Crippen LogP contribution in [0.4, 0.5) is 10.5 Å². The molecule has 0 bridgehead atoms. The van der Waals surface area contributed by atoms with Crippen molar-refractivity contribution in [2.45, 2.75) is 51.2 Å². The van der Waals surface area contributed by atoms with Crippen LogP contribution in [0.1, 0.15) is 50.6 Å². The monoisotopic (exact) mass is 527 g/mol. The number of amides is 1. The maximum Gasteiger partial charge on any atom is 0.411 e. The van der Waals surface area contributed by atoms with Gasteiger partial charge >= 0.3 is 6.09 Å². The molecule has 1 N–H and O–H groups in total. The normalized spacial score (nSPS) is 15.9. The van der Waals surface area contributed by atoms with Gasteiger partial charge in [0.1, 0.15) is 17.9 Å². The van der Waals surface area contributed by atoms with E-state index in [4.69, 9.17) is 21.1 Å². The molecule has 2 fully saturated rings. The summed E-state index contributed by atoms with van der Waals surface area (Å²) in [4.78, 5) is 20.4. The Morgan fingerprint density at radius 3 is 2.55 bits per heavy atom. The number of ether oxygens (including phenoxy) is 2. The summed E-state index contributed by atoms with van der Waals surface area (Å²) in [5.41, 5.74) is 3.94. The molecule has 6 rings (SSSR count). The van der Waals surface area contributed by atoms with Crippen LogP contribution < -0.4 is 10.1 Å². The predicted molar refractivity (Wildman–Crippen MR) is 144 cm³/mol. The van der Waals surface area contributed by atoms with Gasteiger partial charge in [0, 0.05) is 29.5 Å². The number of benzene rings is 2. The van der Waals surface area contributed by atoms with Gasteiger partial charge in [-0.15, -0.1) is 0 Å². The van der Waals surface area contributed by atoms with Gasteiger partial charge in [0.15, 0.2) is 5.15 Å². The number of rotatable bonds is 7. The minimum atomic E-state index is -0.450. The minimum Gasteiger partial charge on any atom is -0.446 e. The van der Waals surface area contributed by atoms with Gasteiger partial charge in [-0.1, -0.05) is 23.7 Å². The molecule has 38 heavy (non-hydrogen) atoms. The summed E-state index contributed by atoms with van der Waals surface area (Å²) in [6.07, 6.45) is 7.97. The summed E-state index contributed by atoms with van der Waals surface area (Å²) in [6, 6.07) is 16.0. The number of nitrogens with one attached hydrogen (secondary N) is 1. The molecule has 8 nitrogen and oxygen atoms in total. The van der Waals surface area contributed by atoms with E-state index < -0.39 is 6.09 Å². The van der Waals surface area contributed by atoms with Crippen molar-refractivity contribution in [1.29, 1.82) is 5.26 Å². The zero-order chi connectivity index (χ0) is 26.2. The summed E-state index contributed by atoms with van der Waals surface area (Å²) in [5.74, 6) is 1.20. The van der Waals surface area contributed by atoms with Crippen LogP contribution in [0.5, 0.6) is 11.6 Å². The van der Waals surface area contributed by atoms with E-state index in [0.717, 1.165) is 54.3 Å². The molecule has 1 atom stereocenters. The molecule has 0 aliphatic heterocycles. The number of fused-ring (bicyclic) bond motifs is 1. The highest BCUT2D eigenvalue weighted by Crippen LogP contribution is 2.44. The lowest BCUT2D eigenvalue weighted by Gasteiger charge is -2.30. The van der Waals surface area contributed by atoms with Crippen LogP contribution in [0.15, 0.2) is 54.9 Å². The van der Waals surface area contributed by atoms with Crippen LogP contribution in [0.3, 0.4) is 0 Å². The van der Waals surface area contributed by atoms with Crippen molar-refractivity contribution in [1.82, 2.24) is 14.5 Å². The smallest absolute Gasteiger partial charge is 0.411 e. The van der Waals surface area contributed by atoms with Crippen molar-refractivity contribution in [2.75, 3.05) is 5.32 Å². The molecule has 2 heterocycles. The van der Waals surface area contributed by atoms with E-state index in [-0.39, 0.29) is 17.1 Å². The first-order valence-corrected chi connectivity index (χ1v) is 13.2. The van der Waals surface area contributed by atoms with E-state index in [2.05, 4.69) is 25.9 Å². The second kappa shape index (κ2) is 9.99. The van der Waals surface area contributed by atoms with Crippen molar-refractivity contribution in [3.63, 3.8) is 0 Å². The van der Waals surface area contributed by atoms with Gasteiger partial charge in [0.2, 0.25) is 0 Å². The molecule has 2 saturated carbocycles. The Morgan fingerprint density at radius 1 is 1.13 bits per heavy atom. The number of aromatic nitrogens is 3. The van der Waals surface area contributed by atoms with Crippen LogP contribution in [-0.4, -0.2) is 26.7 Å². The third-order valence-electron chi connectivity index (χ3n) is 7.35. The minimum absolute atomic E-state index is 0.0792. The summed E-state index contributed by atoms with van der Waals surface area (Å²) >= 11 is 6.12. The number of carbonyl (C=O) groups excluding carboxylic acids is 1. The largest absolute Gasteiger partial charge is 0.446 e. The molecule has 0 unspecified atom stereocenters. The number of hydrogen-bond acceptors (Lipinski definition) is 6. The third-order valence-corrected chi connectivity index (χ3v) is 7.61. The summed E-state index contributed by atoms with van der Waals surface area (Å²) in [6.45, 7) is 1.93. The van der Waals surface area contributed by atoms with E-state index in [9.17, 15) is 10.1 Å². The van der Waals surface area contributed by atoms with Crippen LogP contribution >= 0.6 is 11.6 Å². The number of nitriles is 1. The van der Waals surface area contributed by atoms with Crippen LogP contribution in [-0.2, 0) is 4.74 Å². The fourth-order valence-electron chi connectivity index (χ4n) is 4.96. The molecule has 9 heteroatoms. The predicted octanol–water partition coefficient (Wildman–Crippen LogP) is 7.49. The molecule has 192 valence electrons. The second-order valence-electron chi connectivity index (χ2n) is 9.87. The summed E-state index contributed by atoms with van der Waals surface area (Å²) in [5, 5.41) is 14.1. The van der Waals surface area contributed by atoms with Gasteiger partial charge in [0.05, 0.1) is 16.8 Å². The Hall–Kier alpha value is -4.09. The first-order chi connectivity index (χ1) is 18.5. The third kappa shape index (κ3) is 4.66. The lowest BCUT2D eigenvalue weighted by molar-refractivity contribution is 0.108. The molecule has 2 aliphatic carbocycles. The van der Waals surface area contributed by atoms with E-state index in [1.165, 1.54) is 12.4 Å². The lowest BCUT2D eigenvalue weighted by atomic mass is 9.92. The van der Waals surface area contributed by atoms with Gasteiger partial charge in [0.25, 0.3) is 5.88 Å². The molecular formula is C29H26ClN5O3. The fraction of sp³-hybridized carbons (Fsp3) is 0.310. The van der Waals surface area contributed by atoms with Crippen molar-refractivity contribution in [2.24, 2.45) is 5.92 Å². The summed E-state index contributed by atoms with van der Waals surface area (Å²) in [7, 11) is 0. The Morgan fingerprint density at radius 2 is 1.89 bits per heavy atom. The molecule has 4 aromatic rings. The topological polar surface area (TPSA) is 102 Å². The number of nitrogens with zero attached hydrogens (tertiary/aromatic N) is 4. The average molecular weight is 528 g/mol. The molecule has 0 spiro atoms. The zero-order valence-electron chi connectivity index (χ0n) is 20.9. The van der Waals surface area contributed by atoms with E-state index in [1.54, 1.807) is 0 Å². The highest BCUT2D eigenvalue weighted by molar-refractivity contribution is 6.30. The van der Waals surface area contributed by atoms with E-state index in [1.807, 2.05) is 49.4 Å². The number of carbonyl (C=O) groups is 1. The number of anilines is 1. The summed E-state index contributed by atoms with van der Waals surface area (Å²) < 4.78 is 13.6. The number of halogens is 1. The van der Waals surface area contributed by atoms with Gasteiger partial charge in [-0.2, -0.15) is 5.26 Å². The van der Waals surface area contributed by atoms with Crippen molar-refractivity contribution in [3.8, 4) is 29.0 Å². The Labute approximate surface area is 225 Å². The number of hydrogen-bond donors (Lipinski definition) is 1. The maximum atomic E-state index is 12.3. The quantitative estimate of drug-likeness (QED) is 0.267. The molecule has 2 aromatic carbocycles. The average Bonchev–Trinajstić information content (AvgIpc) is 3.69. The molecule has 0 radical (unpaired) electrons. The lowest BCUT2D eigenvalue weighted by Crippen LogP contribution is -2.21. The molecule has 0 saturated heterocycles. The van der Waals surface area contributed by atoms with Gasteiger partial charge in [-0.3, -0.25) is 5.32 Å². The Kier molecular flexibility index (Phi) is 6.38. The molecule has 2 aromatic heterocycles. The molecule has 2 aliphatic rings. The van der Waals surface area contributed by atoms with Gasteiger partial charge < -0.3 is 14.0 Å². The van der Waals surface area contributed by atoms with Gasteiger partial charge in [-0.25, -0.2) is 14.8 Å². The standard InChI is InChI=1S/C29H26ClN5O3/c1-17(18-5-6-18)37-29(36)34-20-9-7-19(8-10-20)26-24(16-31)23-15-22(38-28-27(30)32-13-14-33-28)11-12-25(23)35(26)21-3-2-4-21/h7-15,17-18,21H,2-6H2,1H3,(H,34,36)/t17-/m1/s1. The van der Waals surface area contributed by atoms with E-state index in [0.29, 0.717) is 29.0 Å². The Bertz CT molecular complexity index is 1550. The SMILES string of the molecule is C[C@@H](OC(=O)Nc1ccc(-c2c(C#N)c3cc(Oc4nccnc4Cl)ccc3n2C2CCC2)cc1)C1CC1. The fourth-order valence-corrected chi connectivity index (χ4v) is 5.10. The zero-order valence-corrected chi connectivity index (χ0v) is 21.6. The van der Waals surface area contributed by atoms with Crippen LogP contribution in [0, 0.1) is 17.2 Å². The van der Waals surface area contributed by atoms with Crippen LogP contribution in [0.25, 0.3) is 22.2 Å². The molecule has 1 amide bonds. The van der Waals surface area contributed by atoms with Crippen molar-refractivity contribution in [3.05, 3.63) is 65.6 Å².